The molecule has 1 aromatic carbocycles. The molecule has 0 radical (unpaired) electrons. The van der Waals surface area contributed by atoms with Crippen LogP contribution < -0.4 is 14.8 Å². The first kappa shape index (κ1) is 15.6. The maximum Gasteiger partial charge on any atom is 0.325 e. The van der Waals surface area contributed by atoms with Gasteiger partial charge in [0.2, 0.25) is 6.79 Å². The number of carbonyl (C=O) groups is 2. The Bertz CT molecular complexity index is 723. The minimum atomic E-state index is -0.741. The van der Waals surface area contributed by atoms with Crippen LogP contribution in [0.15, 0.2) is 12.1 Å². The maximum absolute atomic E-state index is 13.0. The van der Waals surface area contributed by atoms with Crippen molar-refractivity contribution >= 4 is 23.5 Å². The van der Waals surface area contributed by atoms with Gasteiger partial charge in [0.15, 0.2) is 11.5 Å². The zero-order valence-corrected chi connectivity index (χ0v) is 14.2. The van der Waals surface area contributed by atoms with E-state index in [0.717, 1.165) is 24.8 Å². The van der Waals surface area contributed by atoms with Crippen LogP contribution in [0.4, 0.5) is 4.79 Å². The van der Waals surface area contributed by atoms with Crippen LogP contribution >= 0.6 is 11.6 Å². The predicted molar refractivity (Wildman–Crippen MR) is 87.0 cm³/mol. The molecule has 1 aromatic rings. The van der Waals surface area contributed by atoms with Crippen molar-refractivity contribution in [2.45, 2.75) is 44.7 Å². The molecule has 2 atom stereocenters. The summed E-state index contributed by atoms with van der Waals surface area (Å²) in [5.74, 6) is 1.07. The molecule has 0 bridgehead atoms. The van der Waals surface area contributed by atoms with E-state index >= 15 is 0 Å². The molecule has 2 aliphatic heterocycles. The summed E-state index contributed by atoms with van der Waals surface area (Å²) in [4.78, 5) is 26.7. The number of imide groups is 1. The molecule has 6 nitrogen and oxygen atoms in total. The fraction of sp³-hybridized carbons (Fsp3) is 0.529. The lowest BCUT2D eigenvalue weighted by atomic mass is 9.73. The minimum absolute atomic E-state index is 0.127. The minimum Gasteiger partial charge on any atom is -0.454 e. The standard InChI is InChI=1S/C17H19ClN2O4/c1-10-4-2-3-5-17(10)15(21)20(16(22)19-17)8-11-6-12(18)14-13(7-11)23-9-24-14/h6-7,10H,2-5,8-9H2,1H3,(H,19,22)/t10-,17-/m1/s1. The van der Waals surface area contributed by atoms with Gasteiger partial charge >= 0.3 is 6.03 Å². The number of nitrogens with one attached hydrogen (secondary N) is 1. The average Bonchev–Trinajstić information content (AvgIpc) is 3.10. The van der Waals surface area contributed by atoms with Crippen LogP contribution in [0.25, 0.3) is 0 Å². The molecule has 1 spiro atoms. The number of urea groups is 1. The van der Waals surface area contributed by atoms with Gasteiger partial charge in [0.25, 0.3) is 5.91 Å². The van der Waals surface area contributed by atoms with E-state index < -0.39 is 5.54 Å². The van der Waals surface area contributed by atoms with Crippen LogP contribution in [0, 0.1) is 5.92 Å². The first-order valence-electron chi connectivity index (χ1n) is 8.23. The second-order valence-electron chi connectivity index (χ2n) is 6.75. The fourth-order valence-electron chi connectivity index (χ4n) is 3.93. The number of amides is 3. The van der Waals surface area contributed by atoms with Gasteiger partial charge in [-0.05, 0) is 36.5 Å². The Morgan fingerprint density at radius 2 is 2.17 bits per heavy atom. The third-order valence-electron chi connectivity index (χ3n) is 5.33. The molecule has 128 valence electrons. The SMILES string of the molecule is C[C@@H]1CCCC[C@@]12NC(=O)N(Cc1cc(Cl)c3c(c1)OCO3)C2=O. The normalized spacial score (nSPS) is 28.6. The quantitative estimate of drug-likeness (QED) is 0.832. The molecule has 0 aromatic heterocycles. The second kappa shape index (κ2) is 5.55. The van der Waals surface area contributed by atoms with Gasteiger partial charge in [-0.25, -0.2) is 4.79 Å². The monoisotopic (exact) mass is 350 g/mol. The van der Waals surface area contributed by atoms with Gasteiger partial charge in [-0.1, -0.05) is 31.4 Å². The Balaban J connectivity index is 1.60. The number of halogens is 1. The van der Waals surface area contributed by atoms with Gasteiger partial charge in [0, 0.05) is 0 Å². The highest BCUT2D eigenvalue weighted by molar-refractivity contribution is 6.32. The van der Waals surface area contributed by atoms with Crippen LogP contribution in [-0.2, 0) is 11.3 Å². The van der Waals surface area contributed by atoms with Crippen LogP contribution in [0.2, 0.25) is 5.02 Å². The number of ether oxygens (including phenoxy) is 2. The highest BCUT2D eigenvalue weighted by atomic mass is 35.5. The van der Waals surface area contributed by atoms with Crippen molar-refractivity contribution in [3.63, 3.8) is 0 Å². The molecular formula is C17H19ClN2O4. The van der Waals surface area contributed by atoms with Crippen molar-refractivity contribution in [3.05, 3.63) is 22.7 Å². The highest BCUT2D eigenvalue weighted by Gasteiger charge is 2.54. The maximum atomic E-state index is 13.0. The molecule has 1 saturated heterocycles. The summed E-state index contributed by atoms with van der Waals surface area (Å²) in [5.41, 5.74) is 0.00315. The van der Waals surface area contributed by atoms with Crippen molar-refractivity contribution in [1.29, 1.82) is 0 Å². The summed E-state index contributed by atoms with van der Waals surface area (Å²) in [6.45, 7) is 2.34. The third kappa shape index (κ3) is 2.24. The largest absolute Gasteiger partial charge is 0.454 e. The van der Waals surface area contributed by atoms with E-state index in [1.54, 1.807) is 12.1 Å². The van der Waals surface area contributed by atoms with Gasteiger partial charge in [-0.2, -0.15) is 0 Å². The summed E-state index contributed by atoms with van der Waals surface area (Å²) in [5, 5.41) is 3.38. The number of fused-ring (bicyclic) bond motifs is 1. The second-order valence-corrected chi connectivity index (χ2v) is 7.16. The number of benzene rings is 1. The zero-order valence-electron chi connectivity index (χ0n) is 13.4. The molecule has 4 rings (SSSR count). The summed E-state index contributed by atoms with van der Waals surface area (Å²) in [7, 11) is 0. The predicted octanol–water partition coefficient (Wildman–Crippen LogP) is 3.07. The molecule has 7 heteroatoms. The van der Waals surface area contributed by atoms with E-state index in [0.29, 0.717) is 22.9 Å². The van der Waals surface area contributed by atoms with Crippen LogP contribution in [-0.4, -0.2) is 29.2 Å². The zero-order chi connectivity index (χ0) is 16.9. The molecule has 24 heavy (non-hydrogen) atoms. The van der Waals surface area contributed by atoms with Crippen LogP contribution in [0.3, 0.4) is 0 Å². The molecule has 3 amide bonds. The molecule has 1 saturated carbocycles. The van der Waals surface area contributed by atoms with Crippen LogP contribution in [0.1, 0.15) is 38.2 Å². The number of carbonyl (C=O) groups excluding carboxylic acids is 2. The Kier molecular flexibility index (Phi) is 3.60. The molecule has 2 fully saturated rings. The van der Waals surface area contributed by atoms with E-state index in [4.69, 9.17) is 21.1 Å². The van der Waals surface area contributed by atoms with Crippen molar-refractivity contribution in [2.24, 2.45) is 5.92 Å². The summed E-state index contributed by atoms with van der Waals surface area (Å²) < 4.78 is 10.6. The van der Waals surface area contributed by atoms with Gasteiger partial charge in [-0.3, -0.25) is 9.69 Å². The summed E-state index contributed by atoms with van der Waals surface area (Å²) in [6, 6.07) is 3.15. The van der Waals surface area contributed by atoms with Crippen molar-refractivity contribution in [1.82, 2.24) is 10.2 Å². The lowest BCUT2D eigenvalue weighted by Gasteiger charge is -2.36. The molecule has 2 heterocycles. The Morgan fingerprint density at radius 1 is 1.33 bits per heavy atom. The molecule has 3 aliphatic rings. The molecule has 0 unspecified atom stereocenters. The van der Waals surface area contributed by atoms with E-state index in [9.17, 15) is 9.59 Å². The van der Waals surface area contributed by atoms with E-state index in [1.165, 1.54) is 4.90 Å². The number of nitrogens with zero attached hydrogens (tertiary/aromatic N) is 1. The van der Waals surface area contributed by atoms with Crippen molar-refractivity contribution in [2.75, 3.05) is 6.79 Å². The van der Waals surface area contributed by atoms with Crippen LogP contribution in [0.5, 0.6) is 11.5 Å². The Morgan fingerprint density at radius 3 is 2.96 bits per heavy atom. The lowest BCUT2D eigenvalue weighted by Crippen LogP contribution is -2.53. The van der Waals surface area contributed by atoms with Gasteiger partial charge < -0.3 is 14.8 Å². The Labute approximate surface area is 145 Å². The van der Waals surface area contributed by atoms with Crippen molar-refractivity contribution in [3.8, 4) is 11.5 Å². The van der Waals surface area contributed by atoms with E-state index in [2.05, 4.69) is 5.32 Å². The first-order chi connectivity index (χ1) is 11.5. The smallest absolute Gasteiger partial charge is 0.325 e. The lowest BCUT2D eigenvalue weighted by molar-refractivity contribution is -0.134. The Hall–Kier alpha value is -1.95. The topological polar surface area (TPSA) is 67.9 Å². The van der Waals surface area contributed by atoms with Gasteiger partial charge in [0.05, 0.1) is 11.6 Å². The third-order valence-corrected chi connectivity index (χ3v) is 5.61. The highest BCUT2D eigenvalue weighted by Crippen LogP contribution is 2.41. The number of rotatable bonds is 2. The number of hydrogen-bond acceptors (Lipinski definition) is 4. The summed E-state index contributed by atoms with van der Waals surface area (Å²) in [6.07, 6.45) is 3.72. The fourth-order valence-corrected chi connectivity index (χ4v) is 4.22. The summed E-state index contributed by atoms with van der Waals surface area (Å²) >= 11 is 6.19. The van der Waals surface area contributed by atoms with Gasteiger partial charge in [-0.15, -0.1) is 0 Å². The van der Waals surface area contributed by atoms with E-state index in [-0.39, 0.29) is 31.2 Å². The van der Waals surface area contributed by atoms with E-state index in [1.807, 2.05) is 6.92 Å². The molecular weight excluding hydrogens is 332 g/mol. The van der Waals surface area contributed by atoms with Gasteiger partial charge in [0.1, 0.15) is 5.54 Å². The molecule has 1 aliphatic carbocycles. The van der Waals surface area contributed by atoms with Crippen molar-refractivity contribution < 1.29 is 19.1 Å². The number of hydrogen-bond donors (Lipinski definition) is 1. The first-order valence-corrected chi connectivity index (χ1v) is 8.61. The average molecular weight is 351 g/mol. The molecule has 1 N–H and O–H groups in total.